The molecule has 0 saturated heterocycles. The zero-order chi connectivity index (χ0) is 14.1. The SMILES string of the molecule is O=C(Nc1nc2ccc(Br)cc2s1)c1ccccc1Br. The van der Waals surface area contributed by atoms with Gasteiger partial charge in [-0.3, -0.25) is 10.1 Å². The predicted molar refractivity (Wildman–Crippen MR) is 89.4 cm³/mol. The molecule has 0 fully saturated rings. The van der Waals surface area contributed by atoms with E-state index in [9.17, 15) is 4.79 Å². The fourth-order valence-electron chi connectivity index (χ4n) is 1.76. The van der Waals surface area contributed by atoms with E-state index >= 15 is 0 Å². The number of carbonyl (C=O) groups excluding carboxylic acids is 1. The first-order chi connectivity index (χ1) is 9.63. The number of amides is 1. The molecule has 0 bridgehead atoms. The van der Waals surface area contributed by atoms with E-state index in [0.29, 0.717) is 10.7 Å². The molecule has 0 aliphatic rings. The number of aromatic nitrogens is 1. The lowest BCUT2D eigenvalue weighted by atomic mass is 10.2. The molecule has 0 unspecified atom stereocenters. The van der Waals surface area contributed by atoms with Crippen LogP contribution in [0.1, 0.15) is 10.4 Å². The van der Waals surface area contributed by atoms with E-state index in [-0.39, 0.29) is 5.91 Å². The number of benzene rings is 2. The number of rotatable bonds is 2. The minimum absolute atomic E-state index is 0.171. The monoisotopic (exact) mass is 410 g/mol. The molecule has 0 radical (unpaired) electrons. The zero-order valence-corrected chi connectivity index (χ0v) is 14.0. The third-order valence-electron chi connectivity index (χ3n) is 2.69. The Kier molecular flexibility index (Phi) is 3.87. The first kappa shape index (κ1) is 13.7. The molecule has 1 aromatic heterocycles. The summed E-state index contributed by atoms with van der Waals surface area (Å²) in [6.45, 7) is 0. The summed E-state index contributed by atoms with van der Waals surface area (Å²) in [7, 11) is 0. The third kappa shape index (κ3) is 2.77. The standard InChI is InChI=1S/C14H8Br2N2OS/c15-8-5-6-11-12(7-8)20-14(17-11)18-13(19)9-3-1-2-4-10(9)16/h1-7H,(H,17,18,19). The Morgan fingerprint density at radius 3 is 2.75 bits per heavy atom. The third-order valence-corrected chi connectivity index (χ3v) is 4.81. The lowest BCUT2D eigenvalue weighted by Gasteiger charge is -2.03. The van der Waals surface area contributed by atoms with Crippen LogP contribution in [0.4, 0.5) is 5.13 Å². The first-order valence-electron chi connectivity index (χ1n) is 5.75. The minimum atomic E-state index is -0.171. The van der Waals surface area contributed by atoms with Crippen LogP contribution in [0.15, 0.2) is 51.4 Å². The van der Waals surface area contributed by atoms with Gasteiger partial charge < -0.3 is 0 Å². The van der Waals surface area contributed by atoms with Crippen molar-refractivity contribution in [1.82, 2.24) is 4.98 Å². The van der Waals surface area contributed by atoms with Crippen LogP contribution >= 0.6 is 43.2 Å². The van der Waals surface area contributed by atoms with E-state index in [4.69, 9.17) is 0 Å². The molecule has 1 amide bonds. The van der Waals surface area contributed by atoms with Crippen molar-refractivity contribution in [2.75, 3.05) is 5.32 Å². The average Bonchev–Trinajstić information content (AvgIpc) is 2.80. The molecule has 100 valence electrons. The van der Waals surface area contributed by atoms with Gasteiger partial charge in [-0.1, -0.05) is 39.4 Å². The van der Waals surface area contributed by atoms with Crippen LogP contribution in [0.2, 0.25) is 0 Å². The highest BCUT2D eigenvalue weighted by Gasteiger charge is 2.12. The normalized spacial score (nSPS) is 10.7. The Labute approximate surface area is 136 Å². The molecule has 2 aromatic carbocycles. The minimum Gasteiger partial charge on any atom is -0.298 e. The van der Waals surface area contributed by atoms with Crippen molar-refractivity contribution >= 4 is 64.5 Å². The van der Waals surface area contributed by atoms with Gasteiger partial charge in [0.2, 0.25) is 0 Å². The number of nitrogens with zero attached hydrogens (tertiary/aromatic N) is 1. The van der Waals surface area contributed by atoms with Gasteiger partial charge in [0.25, 0.3) is 5.91 Å². The van der Waals surface area contributed by atoms with Crippen LogP contribution in [0, 0.1) is 0 Å². The Balaban J connectivity index is 1.89. The number of halogens is 2. The second-order valence-electron chi connectivity index (χ2n) is 4.07. The number of hydrogen-bond acceptors (Lipinski definition) is 3. The van der Waals surface area contributed by atoms with Gasteiger partial charge in [0, 0.05) is 8.95 Å². The van der Waals surface area contributed by atoms with Crippen LogP contribution in [0.3, 0.4) is 0 Å². The van der Waals surface area contributed by atoms with Gasteiger partial charge in [0.05, 0.1) is 15.8 Å². The molecule has 0 spiro atoms. The van der Waals surface area contributed by atoms with Gasteiger partial charge in [-0.05, 0) is 46.3 Å². The summed E-state index contributed by atoms with van der Waals surface area (Å²) in [6.07, 6.45) is 0. The largest absolute Gasteiger partial charge is 0.298 e. The van der Waals surface area contributed by atoms with E-state index in [1.165, 1.54) is 11.3 Å². The van der Waals surface area contributed by atoms with Gasteiger partial charge in [-0.2, -0.15) is 0 Å². The smallest absolute Gasteiger partial charge is 0.258 e. The van der Waals surface area contributed by atoms with Crippen molar-refractivity contribution in [2.24, 2.45) is 0 Å². The summed E-state index contributed by atoms with van der Waals surface area (Å²) in [4.78, 5) is 16.6. The fourth-order valence-corrected chi connectivity index (χ4v) is 3.64. The number of fused-ring (bicyclic) bond motifs is 1. The molecule has 20 heavy (non-hydrogen) atoms. The fraction of sp³-hybridized carbons (Fsp3) is 0. The molecule has 3 aromatic rings. The molecular formula is C14H8Br2N2OS. The zero-order valence-electron chi connectivity index (χ0n) is 10.1. The van der Waals surface area contributed by atoms with Crippen LogP contribution in [-0.4, -0.2) is 10.9 Å². The van der Waals surface area contributed by atoms with Gasteiger partial charge in [-0.25, -0.2) is 4.98 Å². The lowest BCUT2D eigenvalue weighted by molar-refractivity contribution is 0.102. The summed E-state index contributed by atoms with van der Waals surface area (Å²) < 4.78 is 2.79. The number of carbonyl (C=O) groups is 1. The second-order valence-corrected chi connectivity index (χ2v) is 6.87. The quantitative estimate of drug-likeness (QED) is 0.639. The van der Waals surface area contributed by atoms with Crippen LogP contribution < -0.4 is 5.32 Å². The van der Waals surface area contributed by atoms with E-state index in [2.05, 4.69) is 42.2 Å². The maximum Gasteiger partial charge on any atom is 0.258 e. The number of thiazole rings is 1. The Morgan fingerprint density at radius 1 is 1.15 bits per heavy atom. The average molecular weight is 412 g/mol. The van der Waals surface area contributed by atoms with Crippen LogP contribution in [0.25, 0.3) is 10.2 Å². The van der Waals surface area contributed by atoms with Crippen molar-refractivity contribution in [2.45, 2.75) is 0 Å². The van der Waals surface area contributed by atoms with Crippen molar-refractivity contribution in [3.05, 3.63) is 57.0 Å². The van der Waals surface area contributed by atoms with Crippen LogP contribution in [0.5, 0.6) is 0 Å². The molecule has 0 aliphatic heterocycles. The van der Waals surface area contributed by atoms with Crippen molar-refractivity contribution in [3.63, 3.8) is 0 Å². The maximum absolute atomic E-state index is 12.2. The molecular weight excluding hydrogens is 404 g/mol. The van der Waals surface area contributed by atoms with Crippen LogP contribution in [-0.2, 0) is 0 Å². The highest BCUT2D eigenvalue weighted by atomic mass is 79.9. The van der Waals surface area contributed by atoms with Crippen molar-refractivity contribution in [1.29, 1.82) is 0 Å². The van der Waals surface area contributed by atoms with Gasteiger partial charge in [0.1, 0.15) is 0 Å². The molecule has 0 atom stereocenters. The second kappa shape index (κ2) is 5.63. The molecule has 1 N–H and O–H groups in total. The van der Waals surface area contributed by atoms with Gasteiger partial charge in [0.15, 0.2) is 5.13 Å². The number of hydrogen-bond donors (Lipinski definition) is 1. The van der Waals surface area contributed by atoms with E-state index in [0.717, 1.165) is 19.2 Å². The van der Waals surface area contributed by atoms with E-state index in [1.54, 1.807) is 6.07 Å². The summed E-state index contributed by atoms with van der Waals surface area (Å²) in [5, 5.41) is 3.43. The molecule has 0 aliphatic carbocycles. The van der Waals surface area contributed by atoms with Gasteiger partial charge >= 0.3 is 0 Å². The maximum atomic E-state index is 12.2. The molecule has 0 saturated carbocycles. The topological polar surface area (TPSA) is 42.0 Å². The highest BCUT2D eigenvalue weighted by molar-refractivity contribution is 9.10. The van der Waals surface area contributed by atoms with Crippen molar-refractivity contribution in [3.8, 4) is 0 Å². The highest BCUT2D eigenvalue weighted by Crippen LogP contribution is 2.29. The number of anilines is 1. The molecule has 1 heterocycles. The Morgan fingerprint density at radius 2 is 1.95 bits per heavy atom. The first-order valence-corrected chi connectivity index (χ1v) is 8.16. The summed E-state index contributed by atoms with van der Waals surface area (Å²) in [5.41, 5.74) is 1.47. The van der Waals surface area contributed by atoms with E-state index in [1.807, 2.05) is 36.4 Å². The Bertz CT molecular complexity index is 801. The van der Waals surface area contributed by atoms with Crippen molar-refractivity contribution < 1.29 is 4.79 Å². The summed E-state index contributed by atoms with van der Waals surface area (Å²) in [5.74, 6) is -0.171. The predicted octanol–water partition coefficient (Wildman–Crippen LogP) is 5.07. The van der Waals surface area contributed by atoms with Gasteiger partial charge in [-0.15, -0.1) is 0 Å². The van der Waals surface area contributed by atoms with E-state index < -0.39 is 0 Å². The molecule has 3 rings (SSSR count). The lowest BCUT2D eigenvalue weighted by Crippen LogP contribution is -2.12. The number of nitrogens with one attached hydrogen (secondary N) is 1. The summed E-state index contributed by atoms with van der Waals surface area (Å²) in [6, 6.07) is 13.1. The Hall–Kier alpha value is -1.24. The summed E-state index contributed by atoms with van der Waals surface area (Å²) >= 11 is 8.25. The molecule has 6 heteroatoms. The molecule has 3 nitrogen and oxygen atoms in total.